The average Bonchev–Trinajstić information content (AvgIpc) is 2.78. The Morgan fingerprint density at radius 1 is 1.08 bits per heavy atom. The first-order chi connectivity index (χ1) is 12.1. The van der Waals surface area contributed by atoms with Crippen LogP contribution in [0, 0.1) is 12.8 Å². The van der Waals surface area contributed by atoms with Gasteiger partial charge in [0.2, 0.25) is 11.8 Å². The maximum atomic E-state index is 12.7. The highest BCUT2D eigenvalue weighted by atomic mass is 16.2. The fourth-order valence-corrected chi connectivity index (χ4v) is 3.93. The Bertz CT molecular complexity index is 623. The summed E-state index contributed by atoms with van der Waals surface area (Å²) in [6.45, 7) is 6.14. The van der Waals surface area contributed by atoms with Crippen molar-refractivity contribution in [3.63, 3.8) is 0 Å². The number of para-hydroxylation sites is 1. The Morgan fingerprint density at radius 3 is 2.52 bits per heavy atom. The zero-order valence-corrected chi connectivity index (χ0v) is 15.4. The fourth-order valence-electron chi connectivity index (χ4n) is 3.93. The summed E-state index contributed by atoms with van der Waals surface area (Å²) in [7, 11) is 1.85. The summed E-state index contributed by atoms with van der Waals surface area (Å²) >= 11 is 0. The van der Waals surface area contributed by atoms with Crippen LogP contribution in [0.15, 0.2) is 24.3 Å². The van der Waals surface area contributed by atoms with Gasteiger partial charge < -0.3 is 14.7 Å². The van der Waals surface area contributed by atoms with Gasteiger partial charge in [-0.05, 0) is 31.4 Å². The number of nitrogens with zero attached hydrogens (tertiary/aromatic N) is 3. The van der Waals surface area contributed by atoms with E-state index in [9.17, 15) is 9.59 Å². The van der Waals surface area contributed by atoms with E-state index in [1.807, 2.05) is 11.9 Å². The Kier molecular flexibility index (Phi) is 5.61. The lowest BCUT2D eigenvalue weighted by atomic mass is 9.97. The van der Waals surface area contributed by atoms with Gasteiger partial charge in [0, 0.05) is 57.8 Å². The van der Waals surface area contributed by atoms with Gasteiger partial charge in [-0.3, -0.25) is 9.59 Å². The summed E-state index contributed by atoms with van der Waals surface area (Å²) in [5.41, 5.74) is 2.53. The van der Waals surface area contributed by atoms with E-state index in [0.29, 0.717) is 6.42 Å². The summed E-state index contributed by atoms with van der Waals surface area (Å²) in [5, 5.41) is 0. The van der Waals surface area contributed by atoms with Gasteiger partial charge in [-0.25, -0.2) is 0 Å². The summed E-state index contributed by atoms with van der Waals surface area (Å²) in [6, 6.07) is 8.39. The molecule has 1 aromatic carbocycles. The van der Waals surface area contributed by atoms with Crippen LogP contribution >= 0.6 is 0 Å². The molecule has 0 aromatic heterocycles. The smallest absolute Gasteiger partial charge is 0.225 e. The Hall–Kier alpha value is -2.04. The highest BCUT2D eigenvalue weighted by molar-refractivity contribution is 5.86. The average molecular weight is 343 g/mol. The van der Waals surface area contributed by atoms with Crippen molar-refractivity contribution < 1.29 is 9.59 Å². The SMILES string of the molecule is Cc1ccccc1N1CCN(C(=O)C[C@H]2CCCCN(C)C2=O)CC1. The number of anilines is 1. The van der Waals surface area contributed by atoms with Gasteiger partial charge >= 0.3 is 0 Å². The molecule has 5 nitrogen and oxygen atoms in total. The minimum atomic E-state index is -0.130. The zero-order chi connectivity index (χ0) is 17.8. The predicted octanol–water partition coefficient (Wildman–Crippen LogP) is 2.29. The molecule has 0 N–H and O–H groups in total. The van der Waals surface area contributed by atoms with Crippen LogP contribution in [0.4, 0.5) is 5.69 Å². The van der Waals surface area contributed by atoms with Crippen LogP contribution in [0.1, 0.15) is 31.2 Å². The fraction of sp³-hybridized carbons (Fsp3) is 0.600. The van der Waals surface area contributed by atoms with Crippen molar-refractivity contribution in [2.24, 2.45) is 5.92 Å². The molecule has 1 aromatic rings. The van der Waals surface area contributed by atoms with Crippen molar-refractivity contribution in [1.82, 2.24) is 9.80 Å². The summed E-state index contributed by atoms with van der Waals surface area (Å²) in [6.07, 6.45) is 3.29. The van der Waals surface area contributed by atoms with Crippen molar-refractivity contribution >= 4 is 17.5 Å². The van der Waals surface area contributed by atoms with Crippen LogP contribution in [-0.4, -0.2) is 61.4 Å². The normalized spacial score (nSPS) is 22.1. The van der Waals surface area contributed by atoms with Gasteiger partial charge in [0.1, 0.15) is 0 Å². The minimum Gasteiger partial charge on any atom is -0.368 e. The zero-order valence-electron chi connectivity index (χ0n) is 15.4. The molecule has 0 radical (unpaired) electrons. The molecule has 5 heteroatoms. The Morgan fingerprint density at radius 2 is 1.80 bits per heavy atom. The third kappa shape index (κ3) is 4.14. The first-order valence-corrected chi connectivity index (χ1v) is 9.39. The van der Waals surface area contributed by atoms with E-state index in [-0.39, 0.29) is 17.7 Å². The third-order valence-electron chi connectivity index (χ3n) is 5.53. The van der Waals surface area contributed by atoms with E-state index in [1.54, 1.807) is 4.90 Å². The molecular formula is C20H29N3O2. The van der Waals surface area contributed by atoms with Crippen molar-refractivity contribution in [2.75, 3.05) is 44.7 Å². The number of carbonyl (C=O) groups excluding carboxylic acids is 2. The molecule has 136 valence electrons. The van der Waals surface area contributed by atoms with E-state index in [2.05, 4.69) is 36.1 Å². The highest BCUT2D eigenvalue weighted by Crippen LogP contribution is 2.23. The number of hydrogen-bond acceptors (Lipinski definition) is 3. The lowest BCUT2D eigenvalue weighted by Gasteiger charge is -2.37. The molecule has 2 aliphatic heterocycles. The van der Waals surface area contributed by atoms with Crippen LogP contribution in [0.25, 0.3) is 0 Å². The molecule has 0 bridgehead atoms. The van der Waals surface area contributed by atoms with Crippen molar-refractivity contribution in [1.29, 1.82) is 0 Å². The van der Waals surface area contributed by atoms with Gasteiger partial charge in [0.05, 0.1) is 0 Å². The van der Waals surface area contributed by atoms with Gasteiger partial charge in [0.15, 0.2) is 0 Å². The molecule has 0 saturated carbocycles. The molecule has 0 spiro atoms. The summed E-state index contributed by atoms with van der Waals surface area (Å²) in [4.78, 5) is 31.1. The van der Waals surface area contributed by atoms with E-state index in [4.69, 9.17) is 0 Å². The van der Waals surface area contributed by atoms with E-state index < -0.39 is 0 Å². The molecule has 2 fully saturated rings. The molecule has 3 rings (SSSR count). The van der Waals surface area contributed by atoms with E-state index >= 15 is 0 Å². The van der Waals surface area contributed by atoms with Gasteiger partial charge in [-0.1, -0.05) is 24.6 Å². The molecule has 25 heavy (non-hydrogen) atoms. The summed E-state index contributed by atoms with van der Waals surface area (Å²) in [5.74, 6) is 0.150. The number of rotatable bonds is 3. The predicted molar refractivity (Wildman–Crippen MR) is 99.6 cm³/mol. The molecule has 2 aliphatic rings. The largest absolute Gasteiger partial charge is 0.368 e. The quantitative estimate of drug-likeness (QED) is 0.846. The van der Waals surface area contributed by atoms with Crippen LogP contribution in [0.5, 0.6) is 0 Å². The molecule has 2 amide bonds. The van der Waals surface area contributed by atoms with Crippen LogP contribution < -0.4 is 4.90 Å². The second kappa shape index (κ2) is 7.89. The second-order valence-electron chi connectivity index (χ2n) is 7.31. The van der Waals surface area contributed by atoms with E-state index in [0.717, 1.165) is 52.0 Å². The van der Waals surface area contributed by atoms with Gasteiger partial charge in [-0.15, -0.1) is 0 Å². The number of hydrogen-bond donors (Lipinski definition) is 0. The Balaban J connectivity index is 1.55. The Labute approximate surface area is 150 Å². The van der Waals surface area contributed by atoms with Gasteiger partial charge in [0.25, 0.3) is 0 Å². The molecule has 0 unspecified atom stereocenters. The van der Waals surface area contributed by atoms with Crippen molar-refractivity contribution in [3.8, 4) is 0 Å². The molecular weight excluding hydrogens is 314 g/mol. The maximum Gasteiger partial charge on any atom is 0.225 e. The van der Waals surface area contributed by atoms with Crippen molar-refractivity contribution in [3.05, 3.63) is 29.8 Å². The summed E-state index contributed by atoms with van der Waals surface area (Å²) < 4.78 is 0. The highest BCUT2D eigenvalue weighted by Gasteiger charge is 2.30. The molecule has 2 heterocycles. The molecule has 1 atom stereocenters. The lowest BCUT2D eigenvalue weighted by Crippen LogP contribution is -2.49. The number of benzene rings is 1. The topological polar surface area (TPSA) is 43.9 Å². The standard InChI is InChI=1S/C20H29N3O2/c1-16-7-3-4-9-18(16)22-11-13-23(14-12-22)19(24)15-17-8-5-6-10-21(2)20(17)25/h3-4,7,9,17H,5-6,8,10-15H2,1-2H3/t17-/m1/s1. The molecule has 0 aliphatic carbocycles. The number of likely N-dealkylation sites (tertiary alicyclic amines) is 1. The first kappa shape index (κ1) is 17.8. The second-order valence-corrected chi connectivity index (χ2v) is 7.31. The minimum absolute atomic E-state index is 0.130. The van der Waals surface area contributed by atoms with Gasteiger partial charge in [-0.2, -0.15) is 0 Å². The monoisotopic (exact) mass is 343 g/mol. The molecule has 2 saturated heterocycles. The van der Waals surface area contributed by atoms with Crippen LogP contribution in [0.3, 0.4) is 0 Å². The number of amides is 2. The lowest BCUT2D eigenvalue weighted by molar-refractivity contribution is -0.140. The first-order valence-electron chi connectivity index (χ1n) is 9.39. The van der Waals surface area contributed by atoms with E-state index in [1.165, 1.54) is 11.3 Å². The third-order valence-corrected chi connectivity index (χ3v) is 5.53. The van der Waals surface area contributed by atoms with Crippen LogP contribution in [0.2, 0.25) is 0 Å². The van der Waals surface area contributed by atoms with Crippen molar-refractivity contribution in [2.45, 2.75) is 32.6 Å². The number of carbonyl (C=O) groups is 2. The maximum absolute atomic E-state index is 12.7. The number of aryl methyl sites for hydroxylation is 1. The number of piperazine rings is 1. The van der Waals surface area contributed by atoms with Crippen LogP contribution in [-0.2, 0) is 9.59 Å².